The Kier molecular flexibility index (Phi) is 9.12. The van der Waals surface area contributed by atoms with Crippen molar-refractivity contribution in [2.24, 2.45) is 4.99 Å². The second-order valence-corrected chi connectivity index (χ2v) is 9.35. The quantitative estimate of drug-likeness (QED) is 0.336. The van der Waals surface area contributed by atoms with Gasteiger partial charge in [0.05, 0.1) is 29.5 Å². The van der Waals surface area contributed by atoms with Crippen LogP contribution < -0.4 is 5.32 Å². The zero-order valence-corrected chi connectivity index (χ0v) is 21.9. The van der Waals surface area contributed by atoms with E-state index >= 15 is 0 Å². The van der Waals surface area contributed by atoms with Gasteiger partial charge in [-0.2, -0.15) is 0 Å². The van der Waals surface area contributed by atoms with Crippen LogP contribution in [0, 0.1) is 13.8 Å². The number of morpholine rings is 1. The lowest BCUT2D eigenvalue weighted by atomic mass is 10.1. The molecular weight excluding hydrogens is 521 g/mol. The third-order valence-electron chi connectivity index (χ3n) is 5.88. The van der Waals surface area contributed by atoms with E-state index in [2.05, 4.69) is 71.2 Å². The summed E-state index contributed by atoms with van der Waals surface area (Å²) in [7, 11) is 0. The number of aromatic nitrogens is 1. The molecule has 3 heterocycles. The van der Waals surface area contributed by atoms with Crippen molar-refractivity contribution in [3.8, 4) is 0 Å². The van der Waals surface area contributed by atoms with E-state index in [1.54, 1.807) is 11.3 Å². The molecule has 1 aromatic heterocycles. The zero-order chi connectivity index (χ0) is 20.9. The monoisotopic (exact) mass is 555 g/mol. The molecule has 1 N–H and O–H groups in total. The number of benzene rings is 1. The molecule has 0 aliphatic carbocycles. The van der Waals surface area contributed by atoms with Crippen LogP contribution in [0.15, 0.2) is 35.3 Å². The number of nitrogens with zero attached hydrogens (tertiary/aromatic N) is 4. The molecule has 2 aliphatic rings. The second-order valence-electron chi connectivity index (χ2n) is 8.06. The summed E-state index contributed by atoms with van der Waals surface area (Å²) in [4.78, 5) is 15.8. The number of aryl methyl sites for hydroxylation is 2. The molecule has 2 unspecified atom stereocenters. The molecule has 0 saturated carbocycles. The topological polar surface area (TPSA) is 53.0 Å². The molecule has 2 aliphatic heterocycles. The Bertz CT molecular complexity index is 859. The molecule has 0 radical (unpaired) electrons. The SMILES string of the molecule is CCNC(=NCCc1sc(C)nc1C)N1CC2OCCN(Cc3ccccc3)C2C1.I. The molecule has 2 fully saturated rings. The summed E-state index contributed by atoms with van der Waals surface area (Å²) in [5.74, 6) is 1.01. The van der Waals surface area contributed by atoms with Gasteiger partial charge >= 0.3 is 0 Å². The van der Waals surface area contributed by atoms with Crippen LogP contribution in [0.5, 0.6) is 0 Å². The maximum absolute atomic E-state index is 6.15. The number of guanidine groups is 1. The maximum Gasteiger partial charge on any atom is 0.194 e. The minimum atomic E-state index is 0. The first-order valence-electron chi connectivity index (χ1n) is 11.0. The Balaban J connectivity index is 0.00000272. The molecule has 0 amide bonds. The number of nitrogens with one attached hydrogen (secondary N) is 1. The summed E-state index contributed by atoms with van der Waals surface area (Å²) >= 11 is 1.79. The Morgan fingerprint density at radius 3 is 2.77 bits per heavy atom. The number of halogens is 1. The lowest BCUT2D eigenvalue weighted by Gasteiger charge is -2.36. The summed E-state index contributed by atoms with van der Waals surface area (Å²) in [6, 6.07) is 11.2. The number of hydrogen-bond donors (Lipinski definition) is 1. The van der Waals surface area contributed by atoms with Gasteiger partial charge in [-0.05, 0) is 26.3 Å². The molecule has 1 aromatic carbocycles. The molecule has 4 rings (SSSR count). The first kappa shape index (κ1) is 24.4. The van der Waals surface area contributed by atoms with E-state index in [0.29, 0.717) is 6.04 Å². The van der Waals surface area contributed by atoms with Crippen molar-refractivity contribution < 1.29 is 4.74 Å². The summed E-state index contributed by atoms with van der Waals surface area (Å²) < 4.78 is 6.15. The first-order chi connectivity index (χ1) is 14.6. The highest BCUT2D eigenvalue weighted by atomic mass is 127. The standard InChI is InChI=1S/C23H33N5OS.HI/c1-4-24-23(25-11-10-22-17(2)26-18(3)30-22)28-15-20-21(16-28)29-13-12-27(20)14-19-8-6-5-7-9-19;/h5-9,20-21H,4,10-16H2,1-3H3,(H,24,25);1H. The Morgan fingerprint density at radius 2 is 2.06 bits per heavy atom. The largest absolute Gasteiger partial charge is 0.373 e. The van der Waals surface area contributed by atoms with Crippen LogP contribution in [0.1, 0.15) is 28.1 Å². The van der Waals surface area contributed by atoms with E-state index < -0.39 is 0 Å². The van der Waals surface area contributed by atoms with Gasteiger partial charge in [0.25, 0.3) is 0 Å². The van der Waals surface area contributed by atoms with Gasteiger partial charge in [0.1, 0.15) is 0 Å². The van der Waals surface area contributed by atoms with Gasteiger partial charge in [-0.25, -0.2) is 4.98 Å². The molecule has 170 valence electrons. The minimum absolute atomic E-state index is 0. The fraction of sp³-hybridized carbons (Fsp3) is 0.565. The van der Waals surface area contributed by atoms with Crippen LogP contribution >= 0.6 is 35.3 Å². The molecule has 0 bridgehead atoms. The van der Waals surface area contributed by atoms with Crippen LogP contribution in [-0.4, -0.2) is 72.2 Å². The van der Waals surface area contributed by atoms with Crippen LogP contribution in [0.2, 0.25) is 0 Å². The Labute approximate surface area is 207 Å². The smallest absolute Gasteiger partial charge is 0.194 e. The van der Waals surface area contributed by atoms with E-state index in [0.717, 1.165) is 69.0 Å². The third kappa shape index (κ3) is 6.18. The fourth-order valence-electron chi connectivity index (χ4n) is 4.44. The molecular formula is C23H34IN5OS. The van der Waals surface area contributed by atoms with Crippen molar-refractivity contribution in [3.63, 3.8) is 0 Å². The summed E-state index contributed by atoms with van der Waals surface area (Å²) in [5.41, 5.74) is 2.52. The second kappa shape index (κ2) is 11.6. The Morgan fingerprint density at radius 1 is 1.26 bits per heavy atom. The van der Waals surface area contributed by atoms with Crippen LogP contribution in [0.3, 0.4) is 0 Å². The van der Waals surface area contributed by atoms with Crippen LogP contribution in [-0.2, 0) is 17.7 Å². The van der Waals surface area contributed by atoms with Crippen LogP contribution in [0.4, 0.5) is 0 Å². The molecule has 8 heteroatoms. The van der Waals surface area contributed by atoms with Crippen molar-refractivity contribution in [2.45, 2.75) is 45.9 Å². The zero-order valence-electron chi connectivity index (χ0n) is 18.7. The molecule has 2 saturated heterocycles. The number of likely N-dealkylation sites (tertiary alicyclic amines) is 1. The molecule has 2 atom stereocenters. The van der Waals surface area contributed by atoms with Gasteiger partial charge in [-0.3, -0.25) is 9.89 Å². The number of ether oxygens (including phenoxy) is 1. The average Bonchev–Trinajstić information content (AvgIpc) is 3.31. The minimum Gasteiger partial charge on any atom is -0.373 e. The van der Waals surface area contributed by atoms with Crippen molar-refractivity contribution in [2.75, 3.05) is 39.3 Å². The normalized spacial score (nSPS) is 21.6. The van der Waals surface area contributed by atoms with Gasteiger partial charge in [0, 0.05) is 50.6 Å². The van der Waals surface area contributed by atoms with E-state index in [4.69, 9.17) is 9.73 Å². The van der Waals surface area contributed by atoms with Gasteiger partial charge in [-0.15, -0.1) is 35.3 Å². The van der Waals surface area contributed by atoms with E-state index in [9.17, 15) is 0 Å². The predicted octanol–water partition coefficient (Wildman–Crippen LogP) is 3.47. The van der Waals surface area contributed by atoms with Crippen molar-refractivity contribution in [1.82, 2.24) is 20.1 Å². The van der Waals surface area contributed by atoms with Gasteiger partial charge < -0.3 is 15.0 Å². The number of thiazole rings is 1. The number of hydrogen-bond acceptors (Lipinski definition) is 5. The lowest BCUT2D eigenvalue weighted by Crippen LogP contribution is -2.50. The van der Waals surface area contributed by atoms with E-state index in [1.807, 2.05) is 0 Å². The highest BCUT2D eigenvalue weighted by molar-refractivity contribution is 14.0. The van der Waals surface area contributed by atoms with Crippen molar-refractivity contribution in [1.29, 1.82) is 0 Å². The van der Waals surface area contributed by atoms with Crippen molar-refractivity contribution >= 4 is 41.3 Å². The highest BCUT2D eigenvalue weighted by Gasteiger charge is 2.41. The molecule has 2 aromatic rings. The van der Waals surface area contributed by atoms with E-state index in [1.165, 1.54) is 10.4 Å². The first-order valence-corrected chi connectivity index (χ1v) is 11.8. The van der Waals surface area contributed by atoms with Crippen molar-refractivity contribution in [3.05, 3.63) is 51.5 Å². The highest BCUT2D eigenvalue weighted by Crippen LogP contribution is 2.25. The average molecular weight is 556 g/mol. The maximum atomic E-state index is 6.15. The Hall–Kier alpha value is -1.23. The summed E-state index contributed by atoms with van der Waals surface area (Å²) in [6.07, 6.45) is 1.20. The predicted molar refractivity (Wildman–Crippen MR) is 139 cm³/mol. The van der Waals surface area contributed by atoms with Gasteiger partial charge in [0.15, 0.2) is 5.96 Å². The number of fused-ring (bicyclic) bond motifs is 1. The summed E-state index contributed by atoms with van der Waals surface area (Å²) in [6.45, 7) is 12.6. The fourth-order valence-corrected chi connectivity index (χ4v) is 5.37. The molecule has 0 spiro atoms. The van der Waals surface area contributed by atoms with E-state index in [-0.39, 0.29) is 30.1 Å². The van der Waals surface area contributed by atoms with Crippen LogP contribution in [0.25, 0.3) is 0 Å². The van der Waals surface area contributed by atoms with Gasteiger partial charge in [0.2, 0.25) is 0 Å². The molecule has 6 nitrogen and oxygen atoms in total. The number of rotatable bonds is 6. The molecule has 31 heavy (non-hydrogen) atoms. The van der Waals surface area contributed by atoms with Gasteiger partial charge in [-0.1, -0.05) is 30.3 Å². The lowest BCUT2D eigenvalue weighted by molar-refractivity contribution is -0.0502. The number of aliphatic imine (C=N–C) groups is 1. The summed E-state index contributed by atoms with van der Waals surface area (Å²) in [5, 5.41) is 4.63. The third-order valence-corrected chi connectivity index (χ3v) is 7.01.